The van der Waals surface area contributed by atoms with E-state index in [4.69, 9.17) is 27.9 Å². The molecule has 1 N–H and O–H groups in total. The van der Waals surface area contributed by atoms with Crippen LogP contribution in [-0.4, -0.2) is 13.4 Å². The summed E-state index contributed by atoms with van der Waals surface area (Å²) in [6.07, 6.45) is 0.854. The molecule has 0 radical (unpaired) electrons. The molecule has 2 aromatic carbocycles. The largest absolute Gasteiger partial charge is 0.454 e. The number of anilines is 1. The van der Waals surface area contributed by atoms with Crippen LogP contribution in [0.4, 0.5) is 14.6 Å². The van der Waals surface area contributed by atoms with Gasteiger partial charge in [-0.1, -0.05) is 23.2 Å². The summed E-state index contributed by atoms with van der Waals surface area (Å²) in [6.45, 7) is 0. The number of sulfonamides is 1. The van der Waals surface area contributed by atoms with Crippen molar-refractivity contribution in [1.82, 2.24) is 4.98 Å². The van der Waals surface area contributed by atoms with Crippen LogP contribution >= 0.6 is 23.2 Å². The zero-order valence-electron chi connectivity index (χ0n) is 14.2. The first-order valence-corrected chi connectivity index (χ1v) is 9.95. The van der Waals surface area contributed by atoms with Gasteiger partial charge in [0.15, 0.2) is 0 Å². The molecular formula is C18H9Cl2F2N3O3S. The van der Waals surface area contributed by atoms with Crippen LogP contribution in [0.5, 0.6) is 11.5 Å². The van der Waals surface area contributed by atoms with Crippen molar-refractivity contribution in [1.29, 1.82) is 5.26 Å². The third-order valence-electron chi connectivity index (χ3n) is 3.57. The van der Waals surface area contributed by atoms with Crippen LogP contribution in [0.25, 0.3) is 0 Å². The monoisotopic (exact) mass is 455 g/mol. The Morgan fingerprint density at radius 1 is 1.03 bits per heavy atom. The minimum Gasteiger partial charge on any atom is -0.454 e. The van der Waals surface area contributed by atoms with Crippen molar-refractivity contribution < 1.29 is 21.9 Å². The highest BCUT2D eigenvalue weighted by atomic mass is 35.5. The van der Waals surface area contributed by atoms with E-state index < -0.39 is 21.7 Å². The van der Waals surface area contributed by atoms with Crippen LogP contribution in [0, 0.1) is 23.0 Å². The molecular weight excluding hydrogens is 447 g/mol. The summed E-state index contributed by atoms with van der Waals surface area (Å²) in [6, 6.07) is 9.74. The van der Waals surface area contributed by atoms with Crippen LogP contribution in [0.2, 0.25) is 10.0 Å². The fraction of sp³-hybridized carbons (Fsp3) is 0. The van der Waals surface area contributed by atoms with E-state index in [-0.39, 0.29) is 37.8 Å². The Hall–Kier alpha value is -2.93. The zero-order chi connectivity index (χ0) is 21.2. The van der Waals surface area contributed by atoms with Gasteiger partial charge in [0.25, 0.3) is 10.0 Å². The molecule has 6 nitrogen and oxygen atoms in total. The van der Waals surface area contributed by atoms with Gasteiger partial charge in [-0.2, -0.15) is 5.26 Å². The highest BCUT2D eigenvalue weighted by Gasteiger charge is 2.19. The summed E-state index contributed by atoms with van der Waals surface area (Å²) in [5.74, 6) is -1.50. The topological polar surface area (TPSA) is 92.1 Å². The number of hydrogen-bond acceptors (Lipinski definition) is 5. The molecule has 0 atom stereocenters. The molecule has 0 fully saturated rings. The van der Waals surface area contributed by atoms with Gasteiger partial charge in [0.05, 0.1) is 21.7 Å². The molecule has 1 heterocycles. The van der Waals surface area contributed by atoms with Gasteiger partial charge in [0.2, 0.25) is 0 Å². The van der Waals surface area contributed by atoms with Crippen LogP contribution in [0.3, 0.4) is 0 Å². The number of hydrogen-bond donors (Lipinski definition) is 1. The molecule has 148 valence electrons. The smallest absolute Gasteiger partial charge is 0.263 e. The van der Waals surface area contributed by atoms with Crippen molar-refractivity contribution in [3.05, 3.63) is 75.9 Å². The molecule has 0 saturated heterocycles. The Bertz CT molecular complexity index is 1230. The molecule has 29 heavy (non-hydrogen) atoms. The van der Waals surface area contributed by atoms with E-state index in [0.717, 1.165) is 30.5 Å². The van der Waals surface area contributed by atoms with E-state index in [2.05, 4.69) is 9.71 Å². The maximum absolute atomic E-state index is 13.4. The molecule has 0 spiro atoms. The Balaban J connectivity index is 1.92. The normalized spacial score (nSPS) is 11.0. The summed E-state index contributed by atoms with van der Waals surface area (Å²) in [4.78, 5) is 3.36. The molecule has 0 aliphatic carbocycles. The van der Waals surface area contributed by atoms with Gasteiger partial charge in [-0.3, -0.25) is 4.72 Å². The minimum atomic E-state index is -4.11. The number of nitrogens with zero attached hydrogens (tertiary/aromatic N) is 2. The van der Waals surface area contributed by atoms with Gasteiger partial charge < -0.3 is 4.74 Å². The number of halogens is 4. The molecule has 0 aliphatic rings. The Kier molecular flexibility index (Phi) is 5.88. The van der Waals surface area contributed by atoms with Gasteiger partial charge >= 0.3 is 0 Å². The van der Waals surface area contributed by atoms with Gasteiger partial charge in [-0.15, -0.1) is 0 Å². The average Bonchev–Trinajstić information content (AvgIpc) is 2.70. The van der Waals surface area contributed by atoms with Crippen molar-refractivity contribution >= 4 is 39.0 Å². The summed E-state index contributed by atoms with van der Waals surface area (Å²) in [7, 11) is -4.11. The molecule has 0 amide bonds. The first-order chi connectivity index (χ1) is 13.7. The second kappa shape index (κ2) is 8.21. The Morgan fingerprint density at radius 3 is 2.41 bits per heavy atom. The standard InChI is InChI=1S/C18H9Cl2F2N3O3S/c19-17-13(22)3-5-15(18(17)20)28-14-4-2-12(7-10(14)8-23)29(26,27)25-16-6-1-11(21)9-24-16/h1-7,9H,(H,24,25). The van der Waals surface area contributed by atoms with Crippen molar-refractivity contribution in [2.45, 2.75) is 4.90 Å². The second-order valence-electron chi connectivity index (χ2n) is 5.51. The number of benzene rings is 2. The van der Waals surface area contributed by atoms with Gasteiger partial charge in [-0.05, 0) is 42.5 Å². The number of rotatable bonds is 5. The molecule has 3 aromatic rings. The molecule has 0 unspecified atom stereocenters. The second-order valence-corrected chi connectivity index (χ2v) is 7.95. The lowest BCUT2D eigenvalue weighted by Crippen LogP contribution is -2.14. The predicted octanol–water partition coefficient (Wildman–Crippen LogP) is 5.13. The van der Waals surface area contributed by atoms with E-state index >= 15 is 0 Å². The van der Waals surface area contributed by atoms with Crippen molar-refractivity contribution in [3.8, 4) is 17.6 Å². The fourth-order valence-corrected chi connectivity index (χ4v) is 3.57. The lowest BCUT2D eigenvalue weighted by atomic mass is 10.2. The van der Waals surface area contributed by atoms with E-state index in [1.807, 2.05) is 6.07 Å². The summed E-state index contributed by atoms with van der Waals surface area (Å²) >= 11 is 11.7. The average molecular weight is 456 g/mol. The number of pyridine rings is 1. The fourth-order valence-electron chi connectivity index (χ4n) is 2.19. The minimum absolute atomic E-state index is 0.0150. The SMILES string of the molecule is N#Cc1cc(S(=O)(=O)Nc2ccc(F)cn2)ccc1Oc1ccc(F)c(Cl)c1Cl. The summed E-state index contributed by atoms with van der Waals surface area (Å²) < 4.78 is 58.9. The molecule has 11 heteroatoms. The van der Waals surface area contributed by atoms with Crippen LogP contribution in [-0.2, 0) is 10.0 Å². The highest BCUT2D eigenvalue weighted by molar-refractivity contribution is 7.92. The van der Waals surface area contributed by atoms with E-state index in [1.165, 1.54) is 18.2 Å². The molecule has 3 rings (SSSR count). The van der Waals surface area contributed by atoms with Crippen molar-refractivity contribution in [3.63, 3.8) is 0 Å². The third-order valence-corrected chi connectivity index (χ3v) is 5.76. The first-order valence-electron chi connectivity index (χ1n) is 7.71. The third kappa shape index (κ3) is 4.56. The number of aromatic nitrogens is 1. The number of nitriles is 1. The molecule has 0 saturated carbocycles. The molecule has 0 bridgehead atoms. The maximum Gasteiger partial charge on any atom is 0.263 e. The quantitative estimate of drug-likeness (QED) is 0.538. The highest BCUT2D eigenvalue weighted by Crippen LogP contribution is 2.37. The van der Waals surface area contributed by atoms with Gasteiger partial charge in [0.1, 0.15) is 40.0 Å². The lowest BCUT2D eigenvalue weighted by Gasteiger charge is -2.12. The van der Waals surface area contributed by atoms with Gasteiger partial charge in [0, 0.05) is 0 Å². The van der Waals surface area contributed by atoms with Crippen LogP contribution < -0.4 is 9.46 Å². The van der Waals surface area contributed by atoms with Crippen molar-refractivity contribution in [2.75, 3.05) is 4.72 Å². The summed E-state index contributed by atoms with van der Waals surface area (Å²) in [5.41, 5.74) is -0.128. The Labute approximate surface area is 174 Å². The van der Waals surface area contributed by atoms with E-state index in [9.17, 15) is 22.5 Å². The molecule has 1 aromatic heterocycles. The number of ether oxygens (including phenoxy) is 1. The van der Waals surface area contributed by atoms with E-state index in [1.54, 1.807) is 0 Å². The van der Waals surface area contributed by atoms with Crippen LogP contribution in [0.15, 0.2) is 53.6 Å². The van der Waals surface area contributed by atoms with E-state index in [0.29, 0.717) is 0 Å². The zero-order valence-corrected chi connectivity index (χ0v) is 16.5. The first kappa shape index (κ1) is 20.8. The lowest BCUT2D eigenvalue weighted by molar-refractivity contribution is 0.479. The summed E-state index contributed by atoms with van der Waals surface area (Å²) in [5, 5.41) is 8.81. The Morgan fingerprint density at radius 2 is 1.76 bits per heavy atom. The predicted molar refractivity (Wildman–Crippen MR) is 103 cm³/mol. The number of nitrogens with one attached hydrogen (secondary N) is 1. The van der Waals surface area contributed by atoms with Gasteiger partial charge in [-0.25, -0.2) is 22.2 Å². The van der Waals surface area contributed by atoms with Crippen molar-refractivity contribution in [2.24, 2.45) is 0 Å². The molecule has 0 aliphatic heterocycles. The maximum atomic E-state index is 13.4. The van der Waals surface area contributed by atoms with Crippen LogP contribution in [0.1, 0.15) is 5.56 Å².